The van der Waals surface area contributed by atoms with E-state index in [0.29, 0.717) is 17.0 Å². The molecule has 25 heavy (non-hydrogen) atoms. The Kier molecular flexibility index (Phi) is 4.99. The first-order chi connectivity index (χ1) is 12.0. The van der Waals surface area contributed by atoms with Gasteiger partial charge in [-0.25, -0.2) is 4.68 Å². The second kappa shape index (κ2) is 7.19. The SMILES string of the molecule is Cc1c(NC2CC(c3ccc(C=O)cc3)CN(C)C2)cnn(C)c1=O. The fraction of sp³-hybridized carbons (Fsp3) is 0.421. The molecule has 6 nitrogen and oxygen atoms in total. The van der Waals surface area contributed by atoms with Gasteiger partial charge in [0.2, 0.25) is 0 Å². The number of piperidine rings is 1. The first-order valence-corrected chi connectivity index (χ1v) is 8.51. The number of benzene rings is 1. The van der Waals surface area contributed by atoms with Gasteiger partial charge in [0.15, 0.2) is 0 Å². The maximum Gasteiger partial charge on any atom is 0.271 e. The van der Waals surface area contributed by atoms with Gasteiger partial charge >= 0.3 is 0 Å². The first kappa shape index (κ1) is 17.4. The quantitative estimate of drug-likeness (QED) is 0.860. The molecule has 0 saturated carbocycles. The van der Waals surface area contributed by atoms with E-state index in [0.717, 1.165) is 31.5 Å². The van der Waals surface area contributed by atoms with Crippen molar-refractivity contribution in [1.29, 1.82) is 0 Å². The molecule has 132 valence electrons. The fourth-order valence-corrected chi connectivity index (χ4v) is 3.53. The minimum Gasteiger partial charge on any atom is -0.379 e. The minimum absolute atomic E-state index is 0.0739. The molecule has 1 aliphatic rings. The van der Waals surface area contributed by atoms with Crippen molar-refractivity contribution in [2.24, 2.45) is 7.05 Å². The van der Waals surface area contributed by atoms with Crippen LogP contribution < -0.4 is 10.9 Å². The average Bonchev–Trinajstić information content (AvgIpc) is 2.62. The monoisotopic (exact) mass is 340 g/mol. The van der Waals surface area contributed by atoms with Crippen molar-refractivity contribution in [3.63, 3.8) is 0 Å². The second-order valence-corrected chi connectivity index (χ2v) is 6.89. The molecule has 2 heterocycles. The Balaban J connectivity index is 1.77. The van der Waals surface area contributed by atoms with Crippen LogP contribution in [0.4, 0.5) is 5.69 Å². The van der Waals surface area contributed by atoms with Crippen molar-refractivity contribution in [3.8, 4) is 0 Å². The number of rotatable bonds is 4. The molecule has 1 N–H and O–H groups in total. The van der Waals surface area contributed by atoms with Crippen LogP contribution in [-0.2, 0) is 7.05 Å². The summed E-state index contributed by atoms with van der Waals surface area (Å²) in [7, 11) is 3.77. The molecule has 2 unspecified atom stereocenters. The lowest BCUT2D eigenvalue weighted by Gasteiger charge is -2.37. The first-order valence-electron chi connectivity index (χ1n) is 8.51. The summed E-state index contributed by atoms with van der Waals surface area (Å²) in [5.74, 6) is 0.386. The van der Waals surface area contributed by atoms with Gasteiger partial charge in [0, 0.05) is 37.3 Å². The van der Waals surface area contributed by atoms with Crippen molar-refractivity contribution < 1.29 is 4.79 Å². The van der Waals surface area contributed by atoms with Gasteiger partial charge in [-0.2, -0.15) is 5.10 Å². The van der Waals surface area contributed by atoms with Crippen LogP contribution in [0.25, 0.3) is 0 Å². The van der Waals surface area contributed by atoms with Crippen molar-refractivity contribution in [2.75, 3.05) is 25.5 Å². The number of aryl methyl sites for hydroxylation is 1. The molecule has 1 aromatic heterocycles. The number of likely N-dealkylation sites (tertiary alicyclic amines) is 1. The number of hydrogen-bond acceptors (Lipinski definition) is 5. The predicted molar refractivity (Wildman–Crippen MR) is 98.3 cm³/mol. The highest BCUT2D eigenvalue weighted by Gasteiger charge is 2.27. The third-order valence-electron chi connectivity index (χ3n) is 4.92. The molecule has 0 amide bonds. The number of likely N-dealkylation sites (N-methyl/N-ethyl adjacent to an activating group) is 1. The van der Waals surface area contributed by atoms with Crippen molar-refractivity contribution in [1.82, 2.24) is 14.7 Å². The van der Waals surface area contributed by atoms with Gasteiger partial charge in [-0.3, -0.25) is 9.59 Å². The topological polar surface area (TPSA) is 67.2 Å². The summed E-state index contributed by atoms with van der Waals surface area (Å²) < 4.78 is 1.35. The lowest BCUT2D eigenvalue weighted by molar-refractivity contribution is 0.112. The highest BCUT2D eigenvalue weighted by Crippen LogP contribution is 2.28. The third kappa shape index (κ3) is 3.79. The second-order valence-electron chi connectivity index (χ2n) is 6.89. The van der Waals surface area contributed by atoms with Gasteiger partial charge in [-0.1, -0.05) is 24.3 Å². The lowest BCUT2D eigenvalue weighted by atomic mass is 9.88. The molecule has 0 radical (unpaired) electrons. The van der Waals surface area contributed by atoms with Crippen LogP contribution >= 0.6 is 0 Å². The normalized spacial score (nSPS) is 21.1. The highest BCUT2D eigenvalue weighted by molar-refractivity contribution is 5.74. The molecule has 1 saturated heterocycles. The van der Waals surface area contributed by atoms with E-state index >= 15 is 0 Å². The largest absolute Gasteiger partial charge is 0.379 e. The number of aldehydes is 1. The van der Waals surface area contributed by atoms with Gasteiger partial charge in [0.05, 0.1) is 11.9 Å². The van der Waals surface area contributed by atoms with Crippen LogP contribution in [0, 0.1) is 6.92 Å². The summed E-state index contributed by atoms with van der Waals surface area (Å²) >= 11 is 0. The summed E-state index contributed by atoms with van der Waals surface area (Å²) in [5, 5.41) is 7.61. The van der Waals surface area contributed by atoms with Gasteiger partial charge in [0.1, 0.15) is 6.29 Å². The lowest BCUT2D eigenvalue weighted by Crippen LogP contribution is -2.43. The van der Waals surface area contributed by atoms with E-state index in [2.05, 4.69) is 22.4 Å². The molecule has 0 aliphatic carbocycles. The smallest absolute Gasteiger partial charge is 0.271 e. The van der Waals surface area contributed by atoms with Crippen molar-refractivity contribution >= 4 is 12.0 Å². The Morgan fingerprint density at radius 1 is 1.20 bits per heavy atom. The van der Waals surface area contributed by atoms with Crippen LogP contribution in [0.1, 0.15) is 33.8 Å². The Morgan fingerprint density at radius 2 is 1.92 bits per heavy atom. The molecule has 0 spiro atoms. The van der Waals surface area contributed by atoms with Crippen LogP contribution in [0.3, 0.4) is 0 Å². The summed E-state index contributed by atoms with van der Waals surface area (Å²) in [6, 6.07) is 8.05. The standard InChI is InChI=1S/C19H24N4O2/c1-13-18(9-20-23(3)19(13)25)21-17-8-16(10-22(2)11-17)15-6-4-14(12-24)5-7-15/h4-7,9,12,16-17,21H,8,10-11H2,1-3H3. The number of carbonyl (C=O) groups excluding carboxylic acids is 1. The van der Waals surface area contributed by atoms with E-state index in [9.17, 15) is 9.59 Å². The van der Waals surface area contributed by atoms with E-state index in [1.165, 1.54) is 10.2 Å². The molecule has 1 aromatic carbocycles. The molecule has 3 rings (SSSR count). The number of aromatic nitrogens is 2. The number of nitrogens with zero attached hydrogens (tertiary/aromatic N) is 3. The Labute approximate surface area is 147 Å². The maximum absolute atomic E-state index is 12.1. The molecule has 6 heteroatoms. The van der Waals surface area contributed by atoms with E-state index in [4.69, 9.17) is 0 Å². The summed E-state index contributed by atoms with van der Waals surface area (Å²) in [6.07, 6.45) is 3.56. The zero-order valence-corrected chi connectivity index (χ0v) is 14.9. The Bertz CT molecular complexity index is 813. The number of carbonyl (C=O) groups is 1. The summed E-state index contributed by atoms with van der Waals surface area (Å²) in [5.41, 5.74) is 3.36. The zero-order chi connectivity index (χ0) is 18.0. The van der Waals surface area contributed by atoms with E-state index in [-0.39, 0.29) is 11.6 Å². The van der Waals surface area contributed by atoms with Crippen molar-refractivity contribution in [3.05, 3.63) is 57.5 Å². The van der Waals surface area contributed by atoms with Crippen molar-refractivity contribution in [2.45, 2.75) is 25.3 Å². The highest BCUT2D eigenvalue weighted by atomic mass is 16.1. The number of anilines is 1. The molecule has 0 bridgehead atoms. The third-order valence-corrected chi connectivity index (χ3v) is 4.92. The van der Waals surface area contributed by atoms with Crippen LogP contribution in [0.15, 0.2) is 35.3 Å². The maximum atomic E-state index is 12.1. The zero-order valence-electron chi connectivity index (χ0n) is 14.9. The summed E-state index contributed by atoms with van der Waals surface area (Å²) in [4.78, 5) is 25.2. The van der Waals surface area contributed by atoms with Crippen LogP contribution in [0.2, 0.25) is 0 Å². The average molecular weight is 340 g/mol. The van der Waals surface area contributed by atoms with Gasteiger partial charge in [-0.15, -0.1) is 0 Å². The van der Waals surface area contributed by atoms with Crippen LogP contribution in [-0.4, -0.2) is 47.1 Å². The molecule has 2 aromatic rings. The molecule has 1 fully saturated rings. The van der Waals surface area contributed by atoms with Gasteiger partial charge < -0.3 is 10.2 Å². The fourth-order valence-electron chi connectivity index (χ4n) is 3.53. The minimum atomic E-state index is -0.0739. The molecular formula is C19H24N4O2. The Hall–Kier alpha value is -2.47. The molecule has 1 aliphatic heterocycles. The molecular weight excluding hydrogens is 316 g/mol. The van der Waals surface area contributed by atoms with E-state index < -0.39 is 0 Å². The van der Waals surface area contributed by atoms with Gasteiger partial charge in [0.25, 0.3) is 5.56 Å². The Morgan fingerprint density at radius 3 is 2.60 bits per heavy atom. The number of nitrogens with one attached hydrogen (secondary N) is 1. The number of hydrogen-bond donors (Lipinski definition) is 1. The van der Waals surface area contributed by atoms with E-state index in [1.54, 1.807) is 13.2 Å². The summed E-state index contributed by atoms with van der Waals surface area (Å²) in [6.45, 7) is 3.72. The van der Waals surface area contributed by atoms with Crippen LogP contribution in [0.5, 0.6) is 0 Å². The molecule has 2 atom stereocenters. The van der Waals surface area contributed by atoms with E-state index in [1.807, 2.05) is 31.2 Å². The predicted octanol–water partition coefficient (Wildman–Crippen LogP) is 1.80. The van der Waals surface area contributed by atoms with Gasteiger partial charge in [-0.05, 0) is 31.9 Å².